The molecule has 0 fully saturated rings. The maximum Gasteiger partial charge on any atom is 0.356 e. The van der Waals surface area contributed by atoms with Crippen molar-refractivity contribution in [2.75, 3.05) is 7.11 Å². The van der Waals surface area contributed by atoms with Crippen molar-refractivity contribution in [2.24, 2.45) is 0 Å². The summed E-state index contributed by atoms with van der Waals surface area (Å²) in [5.74, 6) is -0.490. The summed E-state index contributed by atoms with van der Waals surface area (Å²) in [4.78, 5) is 14.6. The highest BCUT2D eigenvalue weighted by atomic mass is 16.5. The standard InChI is InChI=1S/C9H8N2O3/c1-14-7-3-2-4-11-5-6(9(12)13)10-8(7)11/h2-5H,1H3,(H,12,13). The Morgan fingerprint density at radius 2 is 2.43 bits per heavy atom. The molecule has 0 aliphatic carbocycles. The van der Waals surface area contributed by atoms with E-state index in [4.69, 9.17) is 9.84 Å². The van der Waals surface area contributed by atoms with E-state index in [2.05, 4.69) is 4.98 Å². The number of aromatic carboxylic acids is 1. The molecule has 2 aromatic rings. The first-order valence-corrected chi connectivity index (χ1v) is 3.97. The van der Waals surface area contributed by atoms with E-state index < -0.39 is 5.97 Å². The van der Waals surface area contributed by atoms with E-state index in [0.29, 0.717) is 11.4 Å². The number of pyridine rings is 1. The van der Waals surface area contributed by atoms with Gasteiger partial charge in [0, 0.05) is 12.4 Å². The van der Waals surface area contributed by atoms with Crippen LogP contribution in [0.25, 0.3) is 5.65 Å². The normalized spacial score (nSPS) is 10.4. The molecule has 0 atom stereocenters. The minimum absolute atomic E-state index is 0.00880. The van der Waals surface area contributed by atoms with Crippen LogP contribution in [0.3, 0.4) is 0 Å². The van der Waals surface area contributed by atoms with Crippen LogP contribution in [0, 0.1) is 0 Å². The quantitative estimate of drug-likeness (QED) is 0.772. The van der Waals surface area contributed by atoms with Gasteiger partial charge in [0.25, 0.3) is 0 Å². The van der Waals surface area contributed by atoms with E-state index in [1.54, 1.807) is 22.7 Å². The number of hydrogen-bond acceptors (Lipinski definition) is 3. The zero-order chi connectivity index (χ0) is 10.1. The largest absolute Gasteiger partial charge is 0.493 e. The van der Waals surface area contributed by atoms with Crippen molar-refractivity contribution >= 4 is 11.6 Å². The third kappa shape index (κ3) is 1.19. The van der Waals surface area contributed by atoms with Crippen molar-refractivity contribution in [3.8, 4) is 5.75 Å². The van der Waals surface area contributed by atoms with E-state index in [-0.39, 0.29) is 5.69 Å². The van der Waals surface area contributed by atoms with E-state index in [0.717, 1.165) is 0 Å². The molecule has 2 rings (SSSR count). The summed E-state index contributed by atoms with van der Waals surface area (Å²) in [6.07, 6.45) is 3.16. The molecule has 5 nitrogen and oxygen atoms in total. The number of methoxy groups -OCH3 is 1. The first kappa shape index (κ1) is 8.55. The zero-order valence-electron chi connectivity index (χ0n) is 7.47. The second kappa shape index (κ2) is 3.02. The number of fused-ring (bicyclic) bond motifs is 1. The second-order valence-electron chi connectivity index (χ2n) is 2.74. The molecular formula is C9H8N2O3. The van der Waals surface area contributed by atoms with Gasteiger partial charge < -0.3 is 14.2 Å². The highest BCUT2D eigenvalue weighted by Crippen LogP contribution is 2.17. The van der Waals surface area contributed by atoms with Crippen molar-refractivity contribution in [3.63, 3.8) is 0 Å². The summed E-state index contributed by atoms with van der Waals surface area (Å²) >= 11 is 0. The molecule has 0 aromatic carbocycles. The van der Waals surface area contributed by atoms with Gasteiger partial charge in [-0.05, 0) is 12.1 Å². The van der Waals surface area contributed by atoms with Crippen LogP contribution in [0.4, 0.5) is 0 Å². The van der Waals surface area contributed by atoms with Crippen LogP contribution in [0.15, 0.2) is 24.5 Å². The highest BCUT2D eigenvalue weighted by Gasteiger charge is 2.10. The number of carbonyl (C=O) groups is 1. The van der Waals surface area contributed by atoms with Crippen molar-refractivity contribution in [2.45, 2.75) is 0 Å². The second-order valence-corrected chi connectivity index (χ2v) is 2.74. The number of carboxylic acid groups (broad SMARTS) is 1. The van der Waals surface area contributed by atoms with Gasteiger partial charge in [0.2, 0.25) is 0 Å². The Balaban J connectivity index is 2.70. The first-order chi connectivity index (χ1) is 6.72. The van der Waals surface area contributed by atoms with E-state index in [9.17, 15) is 4.79 Å². The van der Waals surface area contributed by atoms with Crippen LogP contribution >= 0.6 is 0 Å². The van der Waals surface area contributed by atoms with Crippen molar-refractivity contribution in [1.29, 1.82) is 0 Å². The van der Waals surface area contributed by atoms with Crippen LogP contribution in [0.5, 0.6) is 5.75 Å². The highest BCUT2D eigenvalue weighted by molar-refractivity contribution is 5.86. The molecule has 14 heavy (non-hydrogen) atoms. The summed E-state index contributed by atoms with van der Waals surface area (Å²) < 4.78 is 6.66. The number of nitrogens with zero attached hydrogens (tertiary/aromatic N) is 2. The lowest BCUT2D eigenvalue weighted by Gasteiger charge is -1.99. The predicted molar refractivity (Wildman–Crippen MR) is 48.7 cm³/mol. The monoisotopic (exact) mass is 192 g/mol. The molecule has 0 radical (unpaired) electrons. The summed E-state index contributed by atoms with van der Waals surface area (Å²) in [5, 5.41) is 8.73. The number of hydrogen-bond donors (Lipinski definition) is 1. The minimum atomic E-state index is -1.05. The molecule has 0 saturated carbocycles. The van der Waals surface area contributed by atoms with Gasteiger partial charge in [-0.3, -0.25) is 0 Å². The average Bonchev–Trinajstić information content (AvgIpc) is 2.60. The Morgan fingerprint density at radius 1 is 1.64 bits per heavy atom. The first-order valence-electron chi connectivity index (χ1n) is 3.97. The number of aromatic nitrogens is 2. The van der Waals surface area contributed by atoms with Crippen LogP contribution in [-0.2, 0) is 0 Å². The Kier molecular flexibility index (Phi) is 1.85. The van der Waals surface area contributed by atoms with E-state index in [1.165, 1.54) is 13.3 Å². The van der Waals surface area contributed by atoms with E-state index >= 15 is 0 Å². The fourth-order valence-corrected chi connectivity index (χ4v) is 1.25. The van der Waals surface area contributed by atoms with Gasteiger partial charge in [0.1, 0.15) is 0 Å². The molecule has 0 amide bonds. The van der Waals surface area contributed by atoms with Crippen LogP contribution in [0.2, 0.25) is 0 Å². The summed E-state index contributed by atoms with van der Waals surface area (Å²) in [6.45, 7) is 0. The molecule has 0 aliphatic heterocycles. The van der Waals surface area contributed by atoms with Gasteiger partial charge in [0.05, 0.1) is 7.11 Å². The van der Waals surface area contributed by atoms with Crippen LogP contribution < -0.4 is 4.74 Å². The Bertz CT molecular complexity index is 490. The third-order valence-electron chi connectivity index (χ3n) is 1.89. The van der Waals surface area contributed by atoms with Gasteiger partial charge in [-0.15, -0.1) is 0 Å². The molecule has 0 saturated heterocycles. The molecule has 72 valence electrons. The molecule has 0 bridgehead atoms. The Hall–Kier alpha value is -2.04. The summed E-state index contributed by atoms with van der Waals surface area (Å²) in [6, 6.07) is 3.49. The Labute approximate surface area is 79.6 Å². The molecule has 0 aliphatic rings. The van der Waals surface area contributed by atoms with Gasteiger partial charge >= 0.3 is 5.97 Å². The molecule has 5 heteroatoms. The predicted octanol–water partition coefficient (Wildman–Crippen LogP) is 1.04. The summed E-state index contributed by atoms with van der Waals surface area (Å²) in [7, 11) is 1.52. The number of carboxylic acids is 1. The maximum atomic E-state index is 10.7. The minimum Gasteiger partial charge on any atom is -0.493 e. The van der Waals surface area contributed by atoms with Crippen molar-refractivity contribution in [1.82, 2.24) is 9.38 Å². The van der Waals surface area contributed by atoms with Gasteiger partial charge in [-0.25, -0.2) is 9.78 Å². The van der Waals surface area contributed by atoms with Gasteiger partial charge in [-0.1, -0.05) is 0 Å². The lowest BCUT2D eigenvalue weighted by atomic mass is 10.4. The average molecular weight is 192 g/mol. The smallest absolute Gasteiger partial charge is 0.356 e. The number of imidazole rings is 1. The molecule has 2 heterocycles. The number of rotatable bonds is 2. The van der Waals surface area contributed by atoms with E-state index in [1.807, 2.05) is 0 Å². The molecule has 2 aromatic heterocycles. The van der Waals surface area contributed by atoms with Crippen LogP contribution in [0.1, 0.15) is 10.5 Å². The lowest BCUT2D eigenvalue weighted by Crippen LogP contribution is -1.95. The lowest BCUT2D eigenvalue weighted by molar-refractivity contribution is 0.0691. The maximum absolute atomic E-state index is 10.7. The SMILES string of the molecule is COc1cccn2cc(C(=O)O)nc12. The van der Waals surface area contributed by atoms with Crippen LogP contribution in [-0.4, -0.2) is 27.6 Å². The molecule has 0 unspecified atom stereocenters. The number of ether oxygens (including phenoxy) is 1. The molecule has 1 N–H and O–H groups in total. The zero-order valence-corrected chi connectivity index (χ0v) is 7.47. The van der Waals surface area contributed by atoms with Crippen molar-refractivity contribution in [3.05, 3.63) is 30.2 Å². The Morgan fingerprint density at radius 3 is 3.07 bits per heavy atom. The van der Waals surface area contributed by atoms with Crippen molar-refractivity contribution < 1.29 is 14.6 Å². The van der Waals surface area contributed by atoms with Gasteiger partial charge in [-0.2, -0.15) is 0 Å². The molecule has 0 spiro atoms. The molecular weight excluding hydrogens is 184 g/mol. The third-order valence-corrected chi connectivity index (χ3v) is 1.89. The topological polar surface area (TPSA) is 63.8 Å². The fraction of sp³-hybridized carbons (Fsp3) is 0.111. The summed E-state index contributed by atoms with van der Waals surface area (Å²) in [5.41, 5.74) is 0.516. The fourth-order valence-electron chi connectivity index (χ4n) is 1.25. The van der Waals surface area contributed by atoms with Gasteiger partial charge in [0.15, 0.2) is 17.1 Å².